The van der Waals surface area contributed by atoms with Crippen LogP contribution < -0.4 is 5.32 Å². The number of morpholine rings is 1. The summed E-state index contributed by atoms with van der Waals surface area (Å²) in [6.07, 6.45) is 5.80. The Kier molecular flexibility index (Phi) is 4.45. The summed E-state index contributed by atoms with van der Waals surface area (Å²) >= 11 is 0. The van der Waals surface area contributed by atoms with Crippen molar-refractivity contribution in [1.29, 1.82) is 0 Å². The molecule has 100 valence electrons. The molecule has 0 radical (unpaired) electrons. The minimum Gasteiger partial charge on any atom is -0.370 e. The molecule has 2 rings (SSSR count). The summed E-state index contributed by atoms with van der Waals surface area (Å²) < 4.78 is 5.94. The second kappa shape index (κ2) is 5.68. The van der Waals surface area contributed by atoms with Crippen LogP contribution in [0, 0.1) is 0 Å². The van der Waals surface area contributed by atoms with Crippen LogP contribution in [-0.2, 0) is 4.74 Å². The second-order valence-electron chi connectivity index (χ2n) is 6.36. The third kappa shape index (κ3) is 4.23. The van der Waals surface area contributed by atoms with Crippen molar-refractivity contribution in [3.8, 4) is 0 Å². The van der Waals surface area contributed by atoms with Gasteiger partial charge in [0.05, 0.1) is 11.7 Å². The van der Waals surface area contributed by atoms with Gasteiger partial charge in [-0.15, -0.1) is 0 Å². The average Bonchev–Trinajstić information content (AvgIpc) is 2.25. The van der Waals surface area contributed by atoms with E-state index in [9.17, 15) is 0 Å². The Balaban J connectivity index is 1.74. The lowest BCUT2D eigenvalue weighted by atomic mass is 10.0. The van der Waals surface area contributed by atoms with E-state index in [-0.39, 0.29) is 5.60 Å². The third-order valence-corrected chi connectivity index (χ3v) is 3.85. The Morgan fingerprint density at radius 1 is 1.35 bits per heavy atom. The molecule has 2 unspecified atom stereocenters. The third-order valence-electron chi connectivity index (χ3n) is 3.85. The van der Waals surface area contributed by atoms with Crippen molar-refractivity contribution in [2.24, 2.45) is 0 Å². The van der Waals surface area contributed by atoms with Gasteiger partial charge in [-0.3, -0.25) is 4.90 Å². The summed E-state index contributed by atoms with van der Waals surface area (Å²) in [6, 6.07) is 0.755. The van der Waals surface area contributed by atoms with Gasteiger partial charge in [-0.1, -0.05) is 6.42 Å². The van der Waals surface area contributed by atoms with Crippen molar-refractivity contribution < 1.29 is 4.74 Å². The largest absolute Gasteiger partial charge is 0.370 e. The topological polar surface area (TPSA) is 24.5 Å². The number of ether oxygens (including phenoxy) is 1. The Labute approximate surface area is 106 Å². The lowest BCUT2D eigenvalue weighted by Crippen LogP contribution is -2.52. The Hall–Kier alpha value is -0.120. The first kappa shape index (κ1) is 13.3. The highest BCUT2D eigenvalue weighted by Gasteiger charge is 2.31. The number of hydrogen-bond donors (Lipinski definition) is 1. The van der Waals surface area contributed by atoms with E-state index in [1.54, 1.807) is 0 Å². The maximum atomic E-state index is 5.94. The summed E-state index contributed by atoms with van der Waals surface area (Å²) in [7, 11) is 0. The van der Waals surface area contributed by atoms with Gasteiger partial charge in [0.2, 0.25) is 0 Å². The molecule has 3 heteroatoms. The van der Waals surface area contributed by atoms with Gasteiger partial charge in [0.1, 0.15) is 0 Å². The van der Waals surface area contributed by atoms with E-state index in [1.807, 2.05) is 0 Å². The standard InChI is InChI=1S/C14H28N2O/c1-12-10-16(11-14(2,3)17-12)9-7-13-6-4-5-8-15-13/h12-13,15H,4-11H2,1-3H3. The predicted octanol–water partition coefficient (Wildman–Crippen LogP) is 2.02. The predicted molar refractivity (Wildman–Crippen MR) is 71.3 cm³/mol. The smallest absolute Gasteiger partial charge is 0.0757 e. The molecular weight excluding hydrogens is 212 g/mol. The molecule has 0 aromatic rings. The highest BCUT2D eigenvalue weighted by molar-refractivity contribution is 4.83. The molecule has 1 N–H and O–H groups in total. The minimum absolute atomic E-state index is 0.0255. The number of piperidine rings is 1. The van der Waals surface area contributed by atoms with Gasteiger partial charge in [-0.25, -0.2) is 0 Å². The van der Waals surface area contributed by atoms with Gasteiger partial charge >= 0.3 is 0 Å². The minimum atomic E-state index is 0.0255. The van der Waals surface area contributed by atoms with E-state index >= 15 is 0 Å². The first-order valence-electron chi connectivity index (χ1n) is 7.19. The van der Waals surface area contributed by atoms with E-state index in [0.29, 0.717) is 6.10 Å². The zero-order valence-electron chi connectivity index (χ0n) is 11.7. The number of nitrogens with zero attached hydrogens (tertiary/aromatic N) is 1. The molecule has 0 amide bonds. The highest BCUT2D eigenvalue weighted by atomic mass is 16.5. The van der Waals surface area contributed by atoms with Gasteiger partial charge in [0.25, 0.3) is 0 Å². The second-order valence-corrected chi connectivity index (χ2v) is 6.36. The normalized spacial score (nSPS) is 34.8. The van der Waals surface area contributed by atoms with E-state index < -0.39 is 0 Å². The molecule has 2 aliphatic rings. The van der Waals surface area contributed by atoms with Crippen LogP contribution >= 0.6 is 0 Å². The Morgan fingerprint density at radius 2 is 2.18 bits per heavy atom. The molecule has 2 atom stereocenters. The molecule has 0 spiro atoms. The number of rotatable bonds is 3. The van der Waals surface area contributed by atoms with Crippen molar-refractivity contribution in [3.63, 3.8) is 0 Å². The fourth-order valence-electron chi connectivity index (χ4n) is 3.26. The SMILES string of the molecule is CC1CN(CCC2CCCCN2)CC(C)(C)O1. The van der Waals surface area contributed by atoms with Gasteiger partial charge in [-0.2, -0.15) is 0 Å². The molecule has 2 saturated heterocycles. The fraction of sp³-hybridized carbons (Fsp3) is 1.00. The lowest BCUT2D eigenvalue weighted by Gasteiger charge is -2.42. The van der Waals surface area contributed by atoms with E-state index in [4.69, 9.17) is 4.74 Å². The van der Waals surface area contributed by atoms with Crippen molar-refractivity contribution in [1.82, 2.24) is 10.2 Å². The molecule has 0 aromatic heterocycles. The van der Waals surface area contributed by atoms with Gasteiger partial charge in [0, 0.05) is 19.1 Å². The zero-order chi connectivity index (χ0) is 12.3. The first-order valence-corrected chi connectivity index (χ1v) is 7.19. The molecule has 2 aliphatic heterocycles. The highest BCUT2D eigenvalue weighted by Crippen LogP contribution is 2.21. The molecule has 0 aliphatic carbocycles. The Bertz CT molecular complexity index is 236. The number of hydrogen-bond acceptors (Lipinski definition) is 3. The summed E-state index contributed by atoms with van der Waals surface area (Å²) in [4.78, 5) is 2.57. The summed E-state index contributed by atoms with van der Waals surface area (Å²) in [5, 5.41) is 3.63. The van der Waals surface area contributed by atoms with E-state index in [2.05, 4.69) is 31.0 Å². The van der Waals surface area contributed by atoms with Gasteiger partial charge < -0.3 is 10.1 Å². The van der Waals surface area contributed by atoms with Crippen LogP contribution in [0.5, 0.6) is 0 Å². The fourth-order valence-corrected chi connectivity index (χ4v) is 3.26. The van der Waals surface area contributed by atoms with Crippen molar-refractivity contribution in [2.75, 3.05) is 26.2 Å². The maximum Gasteiger partial charge on any atom is 0.0757 e. The maximum absolute atomic E-state index is 5.94. The summed E-state index contributed by atoms with van der Waals surface area (Å²) in [6.45, 7) is 11.2. The van der Waals surface area contributed by atoms with Crippen molar-refractivity contribution >= 4 is 0 Å². The zero-order valence-corrected chi connectivity index (χ0v) is 11.7. The van der Waals surface area contributed by atoms with E-state index in [0.717, 1.165) is 19.1 Å². The van der Waals surface area contributed by atoms with Crippen LogP contribution in [-0.4, -0.2) is 48.8 Å². The van der Waals surface area contributed by atoms with Crippen LogP contribution in [0.3, 0.4) is 0 Å². The molecular formula is C14H28N2O. The lowest BCUT2D eigenvalue weighted by molar-refractivity contribution is -0.129. The monoisotopic (exact) mass is 240 g/mol. The number of nitrogens with one attached hydrogen (secondary N) is 1. The van der Waals surface area contributed by atoms with Crippen LogP contribution in [0.2, 0.25) is 0 Å². The average molecular weight is 240 g/mol. The molecule has 0 aromatic carbocycles. The van der Waals surface area contributed by atoms with Gasteiger partial charge in [0.15, 0.2) is 0 Å². The van der Waals surface area contributed by atoms with Crippen molar-refractivity contribution in [3.05, 3.63) is 0 Å². The summed E-state index contributed by atoms with van der Waals surface area (Å²) in [5.74, 6) is 0. The molecule has 17 heavy (non-hydrogen) atoms. The van der Waals surface area contributed by atoms with Crippen LogP contribution in [0.15, 0.2) is 0 Å². The molecule has 2 fully saturated rings. The van der Waals surface area contributed by atoms with E-state index in [1.165, 1.54) is 38.8 Å². The summed E-state index contributed by atoms with van der Waals surface area (Å²) in [5.41, 5.74) is 0.0255. The molecule has 2 heterocycles. The van der Waals surface area contributed by atoms with Crippen molar-refractivity contribution in [2.45, 2.75) is 64.2 Å². The van der Waals surface area contributed by atoms with Crippen LogP contribution in [0.1, 0.15) is 46.5 Å². The van der Waals surface area contributed by atoms with Crippen LogP contribution in [0.4, 0.5) is 0 Å². The molecule has 0 saturated carbocycles. The molecule has 0 bridgehead atoms. The molecule has 3 nitrogen and oxygen atoms in total. The Morgan fingerprint density at radius 3 is 2.82 bits per heavy atom. The van der Waals surface area contributed by atoms with Crippen LogP contribution in [0.25, 0.3) is 0 Å². The quantitative estimate of drug-likeness (QED) is 0.817. The first-order chi connectivity index (χ1) is 8.05. The van der Waals surface area contributed by atoms with Gasteiger partial charge in [-0.05, 0) is 53.1 Å².